The van der Waals surface area contributed by atoms with Gasteiger partial charge in [-0.1, -0.05) is 31.5 Å². The highest BCUT2D eigenvalue weighted by Gasteiger charge is 2.27. The van der Waals surface area contributed by atoms with Crippen LogP contribution >= 0.6 is 0 Å². The fraction of sp³-hybridized carbons (Fsp3) is 0.312. The second kappa shape index (κ2) is 6.51. The number of hydrogen-bond donors (Lipinski definition) is 2. The van der Waals surface area contributed by atoms with Gasteiger partial charge in [0, 0.05) is 5.56 Å². The molecule has 120 valence electrons. The topological polar surface area (TPSA) is 89.3 Å². The highest BCUT2D eigenvalue weighted by molar-refractivity contribution is 5.90. The molecule has 0 bridgehead atoms. The van der Waals surface area contributed by atoms with Crippen LogP contribution < -0.4 is 10.1 Å². The van der Waals surface area contributed by atoms with Crippen molar-refractivity contribution < 1.29 is 14.6 Å². The number of rotatable bonds is 6. The van der Waals surface area contributed by atoms with Gasteiger partial charge in [-0.15, -0.1) is 0 Å². The lowest BCUT2D eigenvalue weighted by molar-refractivity contribution is -0.132. The molecule has 0 spiro atoms. The highest BCUT2D eigenvalue weighted by atomic mass is 16.5. The number of anilines is 1. The summed E-state index contributed by atoms with van der Waals surface area (Å²) in [6.45, 7) is 2.73. The first-order valence-corrected chi connectivity index (χ1v) is 7.54. The summed E-state index contributed by atoms with van der Waals surface area (Å²) in [5.41, 5.74) is 0.939. The lowest BCUT2D eigenvalue weighted by Crippen LogP contribution is -2.24. The van der Waals surface area contributed by atoms with Crippen LogP contribution in [0.1, 0.15) is 31.4 Å². The maximum Gasteiger partial charge on any atom is 0.352 e. The van der Waals surface area contributed by atoms with Crippen molar-refractivity contribution in [1.82, 2.24) is 14.8 Å². The Morgan fingerprint density at radius 2 is 2.26 bits per heavy atom. The summed E-state index contributed by atoms with van der Waals surface area (Å²) >= 11 is 0. The molecule has 2 heterocycles. The van der Waals surface area contributed by atoms with Crippen LogP contribution in [0.3, 0.4) is 0 Å². The number of benzene rings is 1. The number of aromatic nitrogens is 3. The van der Waals surface area contributed by atoms with Crippen molar-refractivity contribution >= 4 is 11.9 Å². The van der Waals surface area contributed by atoms with Gasteiger partial charge in [0.25, 0.3) is 0 Å². The largest absolute Gasteiger partial charge is 0.493 e. The minimum Gasteiger partial charge on any atom is -0.493 e. The van der Waals surface area contributed by atoms with Gasteiger partial charge in [0.15, 0.2) is 0 Å². The molecule has 1 aromatic carbocycles. The molecule has 3 rings (SSSR count). The number of hydrogen-bond acceptors (Lipinski definition) is 5. The number of nitrogens with one attached hydrogen (secondary N) is 1. The predicted octanol–water partition coefficient (Wildman–Crippen LogP) is 2.44. The fourth-order valence-corrected chi connectivity index (χ4v) is 2.46. The summed E-state index contributed by atoms with van der Waals surface area (Å²) in [4.78, 5) is 15.4. The van der Waals surface area contributed by atoms with Crippen LogP contribution in [0.2, 0.25) is 0 Å². The molecule has 1 atom stereocenters. The molecule has 7 heteroatoms. The van der Waals surface area contributed by atoms with Crippen LogP contribution in [0, 0.1) is 0 Å². The van der Waals surface area contributed by atoms with Crippen molar-refractivity contribution in [3.05, 3.63) is 47.9 Å². The van der Waals surface area contributed by atoms with E-state index in [1.807, 2.05) is 24.3 Å². The van der Waals surface area contributed by atoms with E-state index in [9.17, 15) is 9.90 Å². The van der Waals surface area contributed by atoms with E-state index in [2.05, 4.69) is 22.3 Å². The van der Waals surface area contributed by atoms with Crippen molar-refractivity contribution in [2.24, 2.45) is 0 Å². The first-order chi connectivity index (χ1) is 11.2. The fourth-order valence-electron chi connectivity index (χ4n) is 2.46. The summed E-state index contributed by atoms with van der Waals surface area (Å²) in [6.07, 6.45) is 5.03. The van der Waals surface area contributed by atoms with Gasteiger partial charge in [-0.3, -0.25) is 0 Å². The van der Waals surface area contributed by atoms with E-state index < -0.39 is 5.97 Å². The normalized spacial score (nSPS) is 16.2. The van der Waals surface area contributed by atoms with Crippen molar-refractivity contribution in [1.29, 1.82) is 0 Å². The molecule has 0 aliphatic carbocycles. The van der Waals surface area contributed by atoms with E-state index in [0.717, 1.165) is 24.2 Å². The van der Waals surface area contributed by atoms with Gasteiger partial charge in [-0.05, 0) is 18.6 Å². The zero-order valence-corrected chi connectivity index (χ0v) is 12.8. The second-order valence-electron chi connectivity index (χ2n) is 5.22. The maximum absolute atomic E-state index is 11.3. The molecule has 0 amide bonds. The number of allylic oxidation sites excluding steroid dienone is 1. The standard InChI is InChI=1S/C16H18N4O3/c1-2-3-8-23-14-7-5-4-6-11(14)13-9-12(15(21)22)19-16-17-10-18-20(13)16/h4-7,9-10,13H,2-3,8H2,1H3,(H,21,22)(H,17,18,19)/t13-/m1/s1. The number of aliphatic carboxylic acids is 1. The molecule has 2 N–H and O–H groups in total. The van der Waals surface area contributed by atoms with E-state index in [1.165, 1.54) is 6.33 Å². The van der Waals surface area contributed by atoms with Crippen LogP contribution in [-0.2, 0) is 4.79 Å². The molecule has 7 nitrogen and oxygen atoms in total. The zero-order valence-electron chi connectivity index (χ0n) is 12.8. The second-order valence-corrected chi connectivity index (χ2v) is 5.22. The Kier molecular flexibility index (Phi) is 4.27. The number of ether oxygens (including phenoxy) is 1. The average molecular weight is 314 g/mol. The van der Waals surface area contributed by atoms with E-state index in [0.29, 0.717) is 12.6 Å². The number of carboxylic acid groups (broad SMARTS) is 1. The lowest BCUT2D eigenvalue weighted by Gasteiger charge is -2.24. The Morgan fingerprint density at radius 1 is 1.43 bits per heavy atom. The quantitative estimate of drug-likeness (QED) is 0.796. The monoisotopic (exact) mass is 314 g/mol. The summed E-state index contributed by atoms with van der Waals surface area (Å²) in [7, 11) is 0. The Balaban J connectivity index is 1.99. The van der Waals surface area contributed by atoms with Gasteiger partial charge in [0.1, 0.15) is 23.8 Å². The molecule has 0 saturated carbocycles. The third kappa shape index (κ3) is 3.03. The third-order valence-corrected chi connectivity index (χ3v) is 3.63. The number of para-hydroxylation sites is 1. The maximum atomic E-state index is 11.3. The van der Waals surface area contributed by atoms with Crippen LogP contribution in [0.4, 0.5) is 5.95 Å². The van der Waals surface area contributed by atoms with E-state index >= 15 is 0 Å². The van der Waals surface area contributed by atoms with Crippen molar-refractivity contribution in [2.45, 2.75) is 25.8 Å². The van der Waals surface area contributed by atoms with Crippen molar-refractivity contribution in [3.8, 4) is 5.75 Å². The van der Waals surface area contributed by atoms with Gasteiger partial charge >= 0.3 is 5.97 Å². The smallest absolute Gasteiger partial charge is 0.352 e. The Labute approximate surface area is 133 Å². The van der Waals surface area contributed by atoms with E-state index in [-0.39, 0.29) is 11.7 Å². The van der Waals surface area contributed by atoms with Gasteiger partial charge < -0.3 is 15.2 Å². The molecule has 2 aromatic rings. The number of unbranched alkanes of at least 4 members (excludes halogenated alkanes) is 1. The Hall–Kier alpha value is -2.83. The summed E-state index contributed by atoms with van der Waals surface area (Å²) in [5.74, 6) is 0.0992. The van der Waals surface area contributed by atoms with E-state index in [4.69, 9.17) is 4.74 Å². The van der Waals surface area contributed by atoms with Crippen LogP contribution in [0.25, 0.3) is 0 Å². The number of fused-ring (bicyclic) bond motifs is 1. The lowest BCUT2D eigenvalue weighted by atomic mass is 10.0. The molecule has 0 unspecified atom stereocenters. The minimum absolute atomic E-state index is 0.0823. The first-order valence-electron chi connectivity index (χ1n) is 7.54. The number of nitrogens with zero attached hydrogens (tertiary/aromatic N) is 3. The molecule has 0 fully saturated rings. The van der Waals surface area contributed by atoms with Gasteiger partial charge in [0.05, 0.1) is 6.61 Å². The summed E-state index contributed by atoms with van der Waals surface area (Å²) in [5, 5.41) is 16.2. The van der Waals surface area contributed by atoms with Gasteiger partial charge in [-0.2, -0.15) is 10.1 Å². The Bertz CT molecular complexity index is 738. The average Bonchev–Trinajstić information content (AvgIpc) is 3.03. The van der Waals surface area contributed by atoms with Crippen LogP contribution in [-0.4, -0.2) is 32.4 Å². The Morgan fingerprint density at radius 3 is 3.04 bits per heavy atom. The predicted molar refractivity (Wildman–Crippen MR) is 84.3 cm³/mol. The first kappa shape index (κ1) is 15.1. The molecule has 1 aliphatic rings. The van der Waals surface area contributed by atoms with Crippen LogP contribution in [0.15, 0.2) is 42.4 Å². The highest BCUT2D eigenvalue weighted by Crippen LogP contribution is 2.33. The molecule has 1 aliphatic heterocycles. The van der Waals surface area contributed by atoms with Crippen molar-refractivity contribution in [3.63, 3.8) is 0 Å². The molecule has 0 radical (unpaired) electrons. The molecule has 0 saturated heterocycles. The van der Waals surface area contributed by atoms with Gasteiger partial charge in [-0.25, -0.2) is 9.48 Å². The number of carbonyl (C=O) groups is 1. The summed E-state index contributed by atoms with van der Waals surface area (Å²) < 4.78 is 7.51. The molecular weight excluding hydrogens is 296 g/mol. The summed E-state index contributed by atoms with van der Waals surface area (Å²) in [6, 6.07) is 7.22. The SMILES string of the molecule is CCCCOc1ccccc1[C@H]1C=C(C(=O)O)Nc2ncnn21. The van der Waals surface area contributed by atoms with E-state index in [1.54, 1.807) is 10.8 Å². The van der Waals surface area contributed by atoms with Crippen LogP contribution in [0.5, 0.6) is 5.75 Å². The van der Waals surface area contributed by atoms with Gasteiger partial charge in [0.2, 0.25) is 5.95 Å². The zero-order chi connectivity index (χ0) is 16.2. The minimum atomic E-state index is -1.03. The molecular formula is C16H18N4O3. The third-order valence-electron chi connectivity index (χ3n) is 3.63. The number of carboxylic acids is 1. The molecule has 23 heavy (non-hydrogen) atoms. The molecule has 1 aromatic heterocycles. The van der Waals surface area contributed by atoms with Crippen molar-refractivity contribution in [2.75, 3.05) is 11.9 Å².